The van der Waals surface area contributed by atoms with E-state index < -0.39 is 28.1 Å². The third kappa shape index (κ3) is 5.40. The number of nitrogens with zero attached hydrogens (tertiary/aromatic N) is 2. The molecule has 0 radical (unpaired) electrons. The Labute approximate surface area is 201 Å². The summed E-state index contributed by atoms with van der Waals surface area (Å²) in [6.45, 7) is 2.23. The fourth-order valence-electron chi connectivity index (χ4n) is 5.36. The molecule has 3 fully saturated rings. The van der Waals surface area contributed by atoms with Gasteiger partial charge in [-0.3, -0.25) is 4.79 Å². The second-order valence-electron chi connectivity index (χ2n) is 10.4. The first-order valence-corrected chi connectivity index (χ1v) is 13.7. The molecule has 4 atom stereocenters. The van der Waals surface area contributed by atoms with E-state index in [1.54, 1.807) is 7.05 Å². The molecule has 2 saturated carbocycles. The Bertz CT molecular complexity index is 981. The number of likely N-dealkylation sites (N-methyl/N-ethyl adjacent to an activating group) is 1. The highest BCUT2D eigenvalue weighted by Gasteiger charge is 2.50. The van der Waals surface area contributed by atoms with Crippen LogP contribution in [0.4, 0.5) is 0 Å². The van der Waals surface area contributed by atoms with Crippen LogP contribution in [0.15, 0.2) is 24.3 Å². The van der Waals surface area contributed by atoms with Crippen LogP contribution in [0.5, 0.6) is 0 Å². The number of carbonyl (C=O) groups excluding carboxylic acids is 1. The van der Waals surface area contributed by atoms with Crippen molar-refractivity contribution in [3.63, 3.8) is 0 Å². The standard InChI is InChI=1S/C24H35ClN2O5S/c1-24(12-20(29)15-28)11-18(17-4-3-5-19(25)10-17)13-27(23(24)30)22(16-6-7-16)14-26(2)33(31,32)21-8-9-21/h3-5,10,16,18,20-22,28-29H,6-9,11-15H2,1-2H3/t18-,20?,22+,24+/m0/s1. The predicted octanol–water partition coefficient (Wildman–Crippen LogP) is 2.61. The lowest BCUT2D eigenvalue weighted by Gasteiger charge is -2.48. The van der Waals surface area contributed by atoms with Gasteiger partial charge in [0.1, 0.15) is 0 Å². The molecule has 4 rings (SSSR count). The zero-order chi connectivity index (χ0) is 24.0. The maximum Gasteiger partial charge on any atom is 0.228 e. The average Bonchev–Trinajstić information content (AvgIpc) is 3.66. The van der Waals surface area contributed by atoms with Crippen LogP contribution in [-0.4, -0.2) is 77.9 Å². The Hall–Kier alpha value is -1.19. The van der Waals surface area contributed by atoms with Crippen molar-refractivity contribution < 1.29 is 23.4 Å². The number of sulfonamides is 1. The number of amides is 1. The van der Waals surface area contributed by atoms with E-state index in [1.165, 1.54) is 4.31 Å². The van der Waals surface area contributed by atoms with Crippen LogP contribution in [0, 0.1) is 11.3 Å². The number of hydrogen-bond acceptors (Lipinski definition) is 5. The first kappa shape index (κ1) is 24.9. The summed E-state index contributed by atoms with van der Waals surface area (Å²) in [5, 5.41) is 20.0. The van der Waals surface area contributed by atoms with Gasteiger partial charge in [0.2, 0.25) is 15.9 Å². The Morgan fingerprint density at radius 3 is 2.55 bits per heavy atom. The van der Waals surface area contributed by atoms with Crippen LogP contribution in [0.1, 0.15) is 56.9 Å². The third-order valence-corrected chi connectivity index (χ3v) is 10.1. The molecular formula is C24H35ClN2O5S. The van der Waals surface area contributed by atoms with Crippen LogP contribution in [0.3, 0.4) is 0 Å². The molecule has 1 unspecified atom stereocenters. The van der Waals surface area contributed by atoms with Crippen molar-refractivity contribution in [2.24, 2.45) is 11.3 Å². The van der Waals surface area contributed by atoms with Gasteiger partial charge < -0.3 is 15.1 Å². The van der Waals surface area contributed by atoms with Gasteiger partial charge in [0.15, 0.2) is 0 Å². The summed E-state index contributed by atoms with van der Waals surface area (Å²) >= 11 is 6.26. The van der Waals surface area contributed by atoms with Crippen molar-refractivity contribution in [2.45, 2.75) is 68.8 Å². The lowest BCUT2D eigenvalue weighted by Crippen LogP contribution is -2.58. The fraction of sp³-hybridized carbons (Fsp3) is 0.708. The molecule has 1 aliphatic heterocycles. The van der Waals surface area contributed by atoms with Crippen LogP contribution in [-0.2, 0) is 14.8 Å². The van der Waals surface area contributed by atoms with E-state index in [9.17, 15) is 23.4 Å². The van der Waals surface area contributed by atoms with E-state index in [0.29, 0.717) is 30.8 Å². The molecule has 1 saturated heterocycles. The van der Waals surface area contributed by atoms with E-state index in [1.807, 2.05) is 36.1 Å². The molecule has 1 aromatic rings. The number of hydrogen-bond donors (Lipinski definition) is 2. The normalized spacial score (nSPS) is 28.2. The smallest absolute Gasteiger partial charge is 0.228 e. The van der Waals surface area contributed by atoms with Crippen molar-refractivity contribution in [1.29, 1.82) is 0 Å². The van der Waals surface area contributed by atoms with E-state index in [0.717, 1.165) is 18.4 Å². The molecule has 0 aromatic heterocycles. The summed E-state index contributed by atoms with van der Waals surface area (Å²) in [4.78, 5) is 15.7. The fourth-order valence-corrected chi connectivity index (χ4v) is 7.16. The Kier molecular flexibility index (Phi) is 7.14. The predicted molar refractivity (Wildman–Crippen MR) is 127 cm³/mol. The van der Waals surface area contributed by atoms with Gasteiger partial charge in [-0.15, -0.1) is 0 Å². The molecule has 33 heavy (non-hydrogen) atoms. The van der Waals surface area contributed by atoms with Gasteiger partial charge in [0.05, 0.1) is 18.0 Å². The van der Waals surface area contributed by atoms with Crippen LogP contribution in [0.2, 0.25) is 5.02 Å². The summed E-state index contributed by atoms with van der Waals surface area (Å²) in [7, 11) is -1.72. The molecule has 2 N–H and O–H groups in total. The number of halogens is 1. The van der Waals surface area contributed by atoms with E-state index in [-0.39, 0.29) is 42.0 Å². The number of aliphatic hydroxyl groups excluding tert-OH is 2. The first-order valence-electron chi connectivity index (χ1n) is 11.9. The maximum absolute atomic E-state index is 13.8. The number of piperidine rings is 1. The SMILES string of the molecule is CN(C[C@H](C1CC1)N1C[C@@H](c2cccc(Cl)c2)C[C@](C)(CC(O)CO)C1=O)S(=O)(=O)C1CC1. The average molecular weight is 499 g/mol. The number of rotatable bonds is 10. The zero-order valence-corrected chi connectivity index (χ0v) is 20.9. The van der Waals surface area contributed by atoms with Crippen LogP contribution in [0.25, 0.3) is 0 Å². The van der Waals surface area contributed by atoms with E-state index >= 15 is 0 Å². The molecule has 9 heteroatoms. The summed E-state index contributed by atoms with van der Waals surface area (Å²) in [6.07, 6.45) is 3.06. The first-order chi connectivity index (χ1) is 15.5. The summed E-state index contributed by atoms with van der Waals surface area (Å²) in [6, 6.07) is 7.43. The minimum atomic E-state index is -3.34. The topological polar surface area (TPSA) is 98.1 Å². The molecular weight excluding hydrogens is 464 g/mol. The molecule has 7 nitrogen and oxygen atoms in total. The minimum Gasteiger partial charge on any atom is -0.394 e. The van der Waals surface area contributed by atoms with Gasteiger partial charge in [-0.25, -0.2) is 12.7 Å². The van der Waals surface area contributed by atoms with Gasteiger partial charge in [-0.2, -0.15) is 0 Å². The zero-order valence-electron chi connectivity index (χ0n) is 19.4. The molecule has 2 aliphatic carbocycles. The second-order valence-corrected chi connectivity index (χ2v) is 13.2. The Morgan fingerprint density at radius 2 is 1.97 bits per heavy atom. The van der Waals surface area contributed by atoms with Crippen molar-refractivity contribution in [3.8, 4) is 0 Å². The van der Waals surface area contributed by atoms with Crippen molar-refractivity contribution in [1.82, 2.24) is 9.21 Å². The van der Waals surface area contributed by atoms with Crippen molar-refractivity contribution >= 4 is 27.5 Å². The van der Waals surface area contributed by atoms with E-state index in [4.69, 9.17) is 11.6 Å². The van der Waals surface area contributed by atoms with Gasteiger partial charge >= 0.3 is 0 Å². The second kappa shape index (κ2) is 9.46. The highest BCUT2D eigenvalue weighted by molar-refractivity contribution is 7.90. The van der Waals surface area contributed by atoms with Crippen molar-refractivity contribution in [3.05, 3.63) is 34.9 Å². The highest BCUT2D eigenvalue weighted by atomic mass is 35.5. The van der Waals surface area contributed by atoms with Crippen LogP contribution >= 0.6 is 11.6 Å². The minimum absolute atomic E-state index is 0.00360. The number of benzene rings is 1. The largest absolute Gasteiger partial charge is 0.394 e. The highest BCUT2D eigenvalue weighted by Crippen LogP contribution is 2.46. The lowest BCUT2D eigenvalue weighted by molar-refractivity contribution is -0.152. The summed E-state index contributed by atoms with van der Waals surface area (Å²) in [5.41, 5.74) is 0.160. The van der Waals surface area contributed by atoms with Crippen LogP contribution < -0.4 is 0 Å². The van der Waals surface area contributed by atoms with Gasteiger partial charge in [-0.05, 0) is 62.1 Å². The summed E-state index contributed by atoms with van der Waals surface area (Å²) in [5.74, 6) is 0.210. The molecule has 0 spiro atoms. The van der Waals surface area contributed by atoms with Gasteiger partial charge in [0, 0.05) is 42.5 Å². The lowest BCUT2D eigenvalue weighted by atomic mass is 9.70. The molecule has 3 aliphatic rings. The molecule has 1 aromatic carbocycles. The molecule has 1 heterocycles. The van der Waals surface area contributed by atoms with Gasteiger partial charge in [-0.1, -0.05) is 30.7 Å². The Morgan fingerprint density at radius 1 is 1.27 bits per heavy atom. The molecule has 184 valence electrons. The number of likely N-dealkylation sites (tertiary alicyclic amines) is 1. The number of aliphatic hydroxyl groups is 2. The van der Waals surface area contributed by atoms with E-state index in [2.05, 4.69) is 0 Å². The van der Waals surface area contributed by atoms with Crippen molar-refractivity contribution in [2.75, 3.05) is 26.7 Å². The molecule has 0 bridgehead atoms. The quantitative estimate of drug-likeness (QED) is 0.516. The molecule has 1 amide bonds. The Balaban J connectivity index is 1.64. The summed E-state index contributed by atoms with van der Waals surface area (Å²) < 4.78 is 27.1. The maximum atomic E-state index is 13.8. The van der Waals surface area contributed by atoms with Gasteiger partial charge in [0.25, 0.3) is 0 Å². The third-order valence-electron chi connectivity index (χ3n) is 7.50. The monoisotopic (exact) mass is 498 g/mol. The number of carbonyl (C=O) groups is 1.